The number of carbonyl (C=O) groups excluding carboxylic acids is 3. The Morgan fingerprint density at radius 2 is 1.74 bits per heavy atom. The van der Waals surface area contributed by atoms with Gasteiger partial charge in [-0.3, -0.25) is 19.7 Å². The first-order valence-electron chi connectivity index (χ1n) is 12.4. The van der Waals surface area contributed by atoms with Crippen molar-refractivity contribution < 1.29 is 23.9 Å². The molecule has 1 aromatic carbocycles. The summed E-state index contributed by atoms with van der Waals surface area (Å²) < 4.78 is 6.03. The molecule has 0 bridgehead atoms. The number of hydrogen-bond donors (Lipinski definition) is 3. The number of aryl methyl sites for hydroxylation is 1. The smallest absolute Gasteiger partial charge is 0.257 e. The lowest BCUT2D eigenvalue weighted by Gasteiger charge is -2.38. The Kier molecular flexibility index (Phi) is 7.03. The number of likely N-dealkylation sites (tertiary alicyclic amines) is 1. The van der Waals surface area contributed by atoms with Crippen molar-refractivity contribution >= 4 is 23.2 Å². The molecule has 2 heterocycles. The average molecular weight is 482 g/mol. The summed E-state index contributed by atoms with van der Waals surface area (Å²) in [7, 11) is 0. The van der Waals surface area contributed by atoms with Crippen LogP contribution in [0.2, 0.25) is 0 Å². The van der Waals surface area contributed by atoms with E-state index in [0.717, 1.165) is 29.9 Å². The van der Waals surface area contributed by atoms with Crippen molar-refractivity contribution in [1.29, 1.82) is 0 Å². The number of nitrogens with zero attached hydrogens (tertiary/aromatic N) is 1. The molecule has 3 atom stereocenters. The lowest BCUT2D eigenvalue weighted by Crippen LogP contribution is -2.67. The van der Waals surface area contributed by atoms with Crippen LogP contribution in [0.15, 0.2) is 28.7 Å². The zero-order valence-corrected chi connectivity index (χ0v) is 21.1. The zero-order chi connectivity index (χ0) is 25.4. The second-order valence-corrected chi connectivity index (χ2v) is 10.2. The van der Waals surface area contributed by atoms with E-state index in [1.165, 1.54) is 0 Å². The van der Waals surface area contributed by atoms with Gasteiger partial charge in [0.25, 0.3) is 5.91 Å². The normalized spacial score (nSPS) is 21.1. The van der Waals surface area contributed by atoms with Crippen LogP contribution in [0.3, 0.4) is 0 Å². The third-order valence-electron chi connectivity index (χ3n) is 7.04. The van der Waals surface area contributed by atoms with Crippen molar-refractivity contribution in [3.05, 3.63) is 46.9 Å². The summed E-state index contributed by atoms with van der Waals surface area (Å²) in [5, 5.41) is 17.1. The van der Waals surface area contributed by atoms with Crippen molar-refractivity contribution in [2.75, 3.05) is 18.4 Å². The summed E-state index contributed by atoms with van der Waals surface area (Å²) in [5.74, 6) is 0.469. The van der Waals surface area contributed by atoms with E-state index in [-0.39, 0.29) is 34.9 Å². The van der Waals surface area contributed by atoms with E-state index in [9.17, 15) is 19.5 Å². The number of carbonyl (C=O) groups is 3. The van der Waals surface area contributed by atoms with Crippen LogP contribution >= 0.6 is 0 Å². The van der Waals surface area contributed by atoms with Gasteiger partial charge >= 0.3 is 0 Å². The number of aromatic hydroxyl groups is 1. The van der Waals surface area contributed by atoms with E-state index in [1.54, 1.807) is 23.1 Å². The predicted molar refractivity (Wildman–Crippen MR) is 133 cm³/mol. The Balaban J connectivity index is 1.54. The van der Waals surface area contributed by atoms with Crippen LogP contribution in [0, 0.1) is 12.8 Å². The molecule has 2 aliphatic rings. The molecular formula is C27H35N3O5. The molecule has 4 rings (SSSR count). The molecule has 1 aliphatic heterocycles. The summed E-state index contributed by atoms with van der Waals surface area (Å²) in [4.78, 5) is 39.6. The van der Waals surface area contributed by atoms with Gasteiger partial charge in [-0.05, 0) is 55.4 Å². The fraction of sp³-hybridized carbons (Fsp3) is 0.519. The van der Waals surface area contributed by atoms with Gasteiger partial charge in [-0.2, -0.15) is 0 Å². The highest BCUT2D eigenvalue weighted by molar-refractivity contribution is 6.49. The minimum absolute atomic E-state index is 0.0968. The zero-order valence-electron chi connectivity index (χ0n) is 21.1. The molecule has 2 aromatic rings. The maximum absolute atomic E-state index is 12.8. The van der Waals surface area contributed by atoms with E-state index in [4.69, 9.17) is 4.42 Å². The second-order valence-electron chi connectivity index (χ2n) is 10.2. The Morgan fingerprint density at radius 1 is 1.09 bits per heavy atom. The number of Topliss-reactive ketones (excluding diaryl/α,β-unsaturated/α-hetero) is 2. The number of phenolic OH excluding ortho intramolecular Hbond substituents is 1. The van der Waals surface area contributed by atoms with Gasteiger partial charge in [0, 0.05) is 13.1 Å². The molecule has 3 N–H and O–H groups in total. The maximum Gasteiger partial charge on any atom is 0.257 e. The van der Waals surface area contributed by atoms with Crippen LogP contribution in [-0.2, 0) is 9.59 Å². The molecule has 0 spiro atoms. The van der Waals surface area contributed by atoms with E-state index < -0.39 is 23.7 Å². The maximum atomic E-state index is 12.8. The molecule has 1 aliphatic carbocycles. The number of hydrogen-bond acceptors (Lipinski definition) is 7. The van der Waals surface area contributed by atoms with Crippen LogP contribution in [0.25, 0.3) is 0 Å². The number of ketones is 2. The fourth-order valence-electron chi connectivity index (χ4n) is 4.97. The van der Waals surface area contributed by atoms with Gasteiger partial charge in [0.15, 0.2) is 5.75 Å². The Labute approximate surface area is 206 Å². The lowest BCUT2D eigenvalue weighted by molar-refractivity contribution is -0.146. The first kappa shape index (κ1) is 25.0. The topological polar surface area (TPSA) is 112 Å². The lowest BCUT2D eigenvalue weighted by atomic mass is 9.81. The van der Waals surface area contributed by atoms with Crippen molar-refractivity contribution in [3.8, 4) is 5.75 Å². The van der Waals surface area contributed by atoms with E-state index in [1.807, 2.05) is 26.8 Å². The summed E-state index contributed by atoms with van der Waals surface area (Å²) in [6.45, 7) is 11.5. The number of amides is 1. The molecular weight excluding hydrogens is 446 g/mol. The third kappa shape index (κ3) is 4.72. The third-order valence-corrected chi connectivity index (χ3v) is 7.04. The number of rotatable bonds is 8. The minimum Gasteiger partial charge on any atom is -0.505 e. The van der Waals surface area contributed by atoms with Gasteiger partial charge in [0.2, 0.25) is 11.6 Å². The molecule has 35 heavy (non-hydrogen) atoms. The molecule has 1 aromatic heterocycles. The molecule has 2 fully saturated rings. The number of para-hydroxylation sites is 1. The number of furan rings is 1. The van der Waals surface area contributed by atoms with Gasteiger partial charge in [-0.15, -0.1) is 0 Å². The monoisotopic (exact) mass is 481 g/mol. The predicted octanol–water partition coefficient (Wildman–Crippen LogP) is 3.94. The summed E-state index contributed by atoms with van der Waals surface area (Å²) in [6, 6.07) is 4.95. The molecule has 8 heteroatoms. The van der Waals surface area contributed by atoms with Gasteiger partial charge in [0.1, 0.15) is 23.6 Å². The van der Waals surface area contributed by atoms with Crippen LogP contribution < -0.4 is 10.6 Å². The fourth-order valence-corrected chi connectivity index (χ4v) is 4.97. The first-order chi connectivity index (χ1) is 16.6. The molecule has 2 unspecified atom stereocenters. The van der Waals surface area contributed by atoms with Crippen molar-refractivity contribution in [2.24, 2.45) is 5.92 Å². The summed E-state index contributed by atoms with van der Waals surface area (Å²) in [6.07, 6.45) is 1.89. The molecule has 8 nitrogen and oxygen atoms in total. The Morgan fingerprint density at radius 3 is 2.34 bits per heavy atom. The highest BCUT2D eigenvalue weighted by Crippen LogP contribution is 2.34. The van der Waals surface area contributed by atoms with E-state index in [2.05, 4.69) is 24.5 Å². The van der Waals surface area contributed by atoms with E-state index >= 15 is 0 Å². The van der Waals surface area contributed by atoms with Gasteiger partial charge in [-0.25, -0.2) is 0 Å². The SMILES string of the molecule is Cc1oc([C@H](NC2C(=O)C(=O)C2Nc2cccc(C(=O)N3CCCC3)c2O)C(C)C)cc1C(C)C. The van der Waals surface area contributed by atoms with Crippen LogP contribution in [0.5, 0.6) is 5.75 Å². The van der Waals surface area contributed by atoms with Crippen LogP contribution in [0.1, 0.15) is 79.9 Å². The highest BCUT2D eigenvalue weighted by Gasteiger charge is 2.50. The highest BCUT2D eigenvalue weighted by atomic mass is 16.3. The van der Waals surface area contributed by atoms with Gasteiger partial charge < -0.3 is 19.7 Å². The number of phenols is 1. The van der Waals surface area contributed by atoms with Crippen molar-refractivity contribution in [3.63, 3.8) is 0 Å². The number of nitrogens with one attached hydrogen (secondary N) is 2. The molecule has 188 valence electrons. The standard InChI is InChI=1S/C27H35N3O5/c1-14(2)18-13-20(35-16(18)5)21(15(3)4)29-23-22(25(32)26(23)33)28-19-10-8-9-17(24(19)31)27(34)30-11-6-7-12-30/h8-10,13-15,21-23,28-29,31H,6-7,11-12H2,1-5H3/t21-,22?,23?/m1/s1. The largest absolute Gasteiger partial charge is 0.505 e. The average Bonchev–Trinajstić information content (AvgIpc) is 3.48. The Bertz CT molecular complexity index is 1130. The van der Waals surface area contributed by atoms with Gasteiger partial charge in [0.05, 0.1) is 17.3 Å². The molecule has 1 amide bonds. The molecule has 1 saturated heterocycles. The summed E-state index contributed by atoms with van der Waals surface area (Å²) in [5.41, 5.74) is 1.55. The van der Waals surface area contributed by atoms with Crippen LogP contribution in [-0.4, -0.2) is 52.7 Å². The van der Waals surface area contributed by atoms with E-state index in [0.29, 0.717) is 19.0 Å². The first-order valence-corrected chi connectivity index (χ1v) is 12.4. The molecule has 1 saturated carbocycles. The number of anilines is 1. The second kappa shape index (κ2) is 9.85. The Hall–Kier alpha value is -3.13. The van der Waals surface area contributed by atoms with Crippen molar-refractivity contribution in [1.82, 2.24) is 10.2 Å². The number of benzene rings is 1. The molecule has 0 radical (unpaired) electrons. The summed E-state index contributed by atoms with van der Waals surface area (Å²) >= 11 is 0. The van der Waals surface area contributed by atoms with Crippen LogP contribution in [0.4, 0.5) is 5.69 Å². The van der Waals surface area contributed by atoms with Gasteiger partial charge in [-0.1, -0.05) is 33.8 Å². The van der Waals surface area contributed by atoms with Crippen molar-refractivity contribution in [2.45, 2.75) is 71.5 Å². The minimum atomic E-state index is -0.854. The quantitative estimate of drug-likeness (QED) is 0.387.